The highest BCUT2D eigenvalue weighted by Gasteiger charge is 2.19. The predicted molar refractivity (Wildman–Crippen MR) is 96.8 cm³/mol. The van der Waals surface area contributed by atoms with Crippen LogP contribution in [0.5, 0.6) is 5.75 Å². The van der Waals surface area contributed by atoms with Crippen LogP contribution in [0.15, 0.2) is 48.5 Å². The van der Waals surface area contributed by atoms with E-state index in [9.17, 15) is 14.7 Å². The van der Waals surface area contributed by atoms with Gasteiger partial charge < -0.3 is 20.3 Å². The lowest BCUT2D eigenvalue weighted by Crippen LogP contribution is -2.36. The zero-order valence-electron chi connectivity index (χ0n) is 14.8. The molecule has 0 heterocycles. The van der Waals surface area contributed by atoms with Gasteiger partial charge in [0, 0.05) is 0 Å². The van der Waals surface area contributed by atoms with E-state index in [1.165, 1.54) is 0 Å². The number of benzene rings is 2. The van der Waals surface area contributed by atoms with Crippen LogP contribution in [-0.4, -0.2) is 35.8 Å². The van der Waals surface area contributed by atoms with E-state index < -0.39 is 24.1 Å². The van der Waals surface area contributed by atoms with Crippen molar-refractivity contribution in [3.05, 3.63) is 65.2 Å². The van der Waals surface area contributed by atoms with Crippen LogP contribution in [0.25, 0.3) is 0 Å². The number of aryl methyl sites for hydroxylation is 1. The lowest BCUT2D eigenvalue weighted by Gasteiger charge is -2.16. The highest BCUT2D eigenvalue weighted by Crippen LogP contribution is 2.18. The Hall–Kier alpha value is -2.86. The molecule has 0 saturated heterocycles. The lowest BCUT2D eigenvalue weighted by atomic mass is 10.0. The van der Waals surface area contributed by atoms with Crippen molar-refractivity contribution >= 4 is 11.9 Å². The van der Waals surface area contributed by atoms with E-state index in [4.69, 9.17) is 15.2 Å². The molecule has 0 radical (unpaired) electrons. The van der Waals surface area contributed by atoms with Gasteiger partial charge in [0.15, 0.2) is 0 Å². The van der Waals surface area contributed by atoms with Crippen LogP contribution in [0.1, 0.15) is 28.4 Å². The number of carbonyl (C=O) groups excluding carboxylic acids is 2. The minimum Gasteiger partial charge on any atom is -0.508 e. The number of phenolic OH excluding ortho intramolecular Hbond substituents is 1. The van der Waals surface area contributed by atoms with Gasteiger partial charge in [0.2, 0.25) is 0 Å². The Balaban J connectivity index is 1.79. The van der Waals surface area contributed by atoms with Crippen LogP contribution in [-0.2, 0) is 20.7 Å². The van der Waals surface area contributed by atoms with Crippen molar-refractivity contribution in [2.75, 3.05) is 6.61 Å². The number of nitrogens with two attached hydrogens (primary N) is 1. The van der Waals surface area contributed by atoms with E-state index >= 15 is 0 Å². The molecule has 0 aromatic heterocycles. The zero-order valence-corrected chi connectivity index (χ0v) is 14.8. The van der Waals surface area contributed by atoms with Gasteiger partial charge in [-0.1, -0.05) is 30.3 Å². The fraction of sp³-hybridized carbons (Fsp3) is 0.300. The minimum absolute atomic E-state index is 0.0791. The molecule has 2 rings (SSSR count). The van der Waals surface area contributed by atoms with E-state index in [0.29, 0.717) is 5.56 Å². The lowest BCUT2D eigenvalue weighted by molar-refractivity contribution is -0.148. The Morgan fingerprint density at radius 2 is 1.85 bits per heavy atom. The average Bonchev–Trinajstić information content (AvgIpc) is 2.63. The number of ether oxygens (including phenoxy) is 2. The van der Waals surface area contributed by atoms with E-state index in [1.807, 2.05) is 0 Å². The molecule has 0 saturated carbocycles. The molecule has 2 aromatic rings. The molecule has 0 aliphatic carbocycles. The quantitative estimate of drug-likeness (QED) is 0.738. The average molecular weight is 357 g/mol. The van der Waals surface area contributed by atoms with Gasteiger partial charge in [-0.25, -0.2) is 4.79 Å². The van der Waals surface area contributed by atoms with E-state index in [2.05, 4.69) is 0 Å². The van der Waals surface area contributed by atoms with Gasteiger partial charge in [-0.3, -0.25) is 4.79 Å². The van der Waals surface area contributed by atoms with Crippen molar-refractivity contribution in [1.29, 1.82) is 0 Å². The summed E-state index contributed by atoms with van der Waals surface area (Å²) in [6.07, 6.45) is -0.354. The fourth-order valence-corrected chi connectivity index (χ4v) is 2.28. The number of hydrogen-bond acceptors (Lipinski definition) is 6. The second-order valence-corrected chi connectivity index (χ2v) is 6.14. The maximum atomic E-state index is 12.0. The van der Waals surface area contributed by atoms with Crippen molar-refractivity contribution in [2.24, 2.45) is 5.73 Å². The van der Waals surface area contributed by atoms with Crippen LogP contribution in [0.2, 0.25) is 0 Å². The Kier molecular flexibility index (Phi) is 6.74. The zero-order chi connectivity index (χ0) is 19.1. The summed E-state index contributed by atoms with van der Waals surface area (Å²) in [6.45, 7) is 3.34. The summed E-state index contributed by atoms with van der Waals surface area (Å²) in [7, 11) is 0. The summed E-state index contributed by atoms with van der Waals surface area (Å²) in [6, 6.07) is 12.8. The van der Waals surface area contributed by atoms with Gasteiger partial charge >= 0.3 is 11.9 Å². The summed E-state index contributed by atoms with van der Waals surface area (Å²) in [5.74, 6) is -0.911. The molecule has 0 bridgehead atoms. The van der Waals surface area contributed by atoms with E-state index in [1.54, 1.807) is 62.4 Å². The predicted octanol–water partition coefficient (Wildman–Crippen LogP) is 2.36. The third-order valence-corrected chi connectivity index (χ3v) is 3.81. The van der Waals surface area contributed by atoms with Gasteiger partial charge in [-0.15, -0.1) is 0 Å². The van der Waals surface area contributed by atoms with Crippen LogP contribution >= 0.6 is 0 Å². The van der Waals surface area contributed by atoms with Crippen LogP contribution < -0.4 is 5.73 Å². The van der Waals surface area contributed by atoms with Crippen LogP contribution in [0.3, 0.4) is 0 Å². The highest BCUT2D eigenvalue weighted by atomic mass is 16.6. The normalized spacial score (nSPS) is 12.9. The first-order valence-electron chi connectivity index (χ1n) is 8.33. The smallest absolute Gasteiger partial charge is 0.338 e. The third kappa shape index (κ3) is 5.60. The Labute approximate surface area is 152 Å². The van der Waals surface area contributed by atoms with Crippen molar-refractivity contribution in [1.82, 2.24) is 0 Å². The van der Waals surface area contributed by atoms with Gasteiger partial charge in [0.05, 0.1) is 5.56 Å². The first-order chi connectivity index (χ1) is 12.4. The van der Waals surface area contributed by atoms with Gasteiger partial charge in [-0.2, -0.15) is 0 Å². The van der Waals surface area contributed by atoms with Crippen LogP contribution in [0, 0.1) is 6.92 Å². The summed E-state index contributed by atoms with van der Waals surface area (Å²) in [5, 5.41) is 9.70. The largest absolute Gasteiger partial charge is 0.508 e. The fourth-order valence-electron chi connectivity index (χ4n) is 2.28. The molecule has 0 fully saturated rings. The number of carbonyl (C=O) groups is 2. The summed E-state index contributed by atoms with van der Waals surface area (Å²) < 4.78 is 10.3. The molecular formula is C20H23NO5. The van der Waals surface area contributed by atoms with Crippen molar-refractivity contribution < 1.29 is 24.2 Å². The standard InChI is InChI=1S/C20H23NO5/c1-13-8-9-15(11-18(13)22)10-17(21)20(24)25-12-14(2)26-19(23)16-6-4-3-5-7-16/h3-9,11,14,17,22H,10,12,21H2,1-2H3/t14-,17+/m1/s1. The van der Waals surface area contributed by atoms with Crippen molar-refractivity contribution in [2.45, 2.75) is 32.4 Å². The first kappa shape index (κ1) is 19.5. The number of phenols is 1. The second kappa shape index (κ2) is 9.01. The molecule has 6 nitrogen and oxygen atoms in total. The van der Waals surface area contributed by atoms with Gasteiger partial charge in [0.25, 0.3) is 0 Å². The number of hydrogen-bond donors (Lipinski definition) is 2. The molecular weight excluding hydrogens is 334 g/mol. The van der Waals surface area contributed by atoms with Crippen molar-refractivity contribution in [3.8, 4) is 5.75 Å². The summed E-state index contributed by atoms with van der Waals surface area (Å²) in [5.41, 5.74) is 7.77. The molecule has 6 heteroatoms. The number of aromatic hydroxyl groups is 1. The number of esters is 2. The minimum atomic E-state index is -0.867. The Morgan fingerprint density at radius 1 is 1.15 bits per heavy atom. The Bertz CT molecular complexity index is 760. The summed E-state index contributed by atoms with van der Waals surface area (Å²) >= 11 is 0. The monoisotopic (exact) mass is 357 g/mol. The molecule has 3 N–H and O–H groups in total. The van der Waals surface area contributed by atoms with Crippen LogP contribution in [0.4, 0.5) is 0 Å². The maximum Gasteiger partial charge on any atom is 0.338 e. The maximum absolute atomic E-state index is 12.0. The molecule has 0 amide bonds. The molecule has 138 valence electrons. The van der Waals surface area contributed by atoms with E-state index in [0.717, 1.165) is 11.1 Å². The molecule has 0 spiro atoms. The topological polar surface area (TPSA) is 98.9 Å². The van der Waals surface area contributed by atoms with E-state index in [-0.39, 0.29) is 18.8 Å². The molecule has 26 heavy (non-hydrogen) atoms. The summed E-state index contributed by atoms with van der Waals surface area (Å²) in [4.78, 5) is 23.9. The molecule has 0 aliphatic rings. The Morgan fingerprint density at radius 3 is 2.50 bits per heavy atom. The molecule has 2 atom stereocenters. The number of rotatable bonds is 7. The highest BCUT2D eigenvalue weighted by molar-refractivity contribution is 5.89. The molecule has 0 unspecified atom stereocenters. The molecule has 0 aliphatic heterocycles. The third-order valence-electron chi connectivity index (χ3n) is 3.81. The molecule has 2 aromatic carbocycles. The van der Waals surface area contributed by atoms with Crippen molar-refractivity contribution in [3.63, 3.8) is 0 Å². The first-order valence-corrected chi connectivity index (χ1v) is 8.33. The van der Waals surface area contributed by atoms with Gasteiger partial charge in [-0.05, 0) is 49.6 Å². The van der Waals surface area contributed by atoms with Gasteiger partial charge in [0.1, 0.15) is 24.5 Å². The SMILES string of the molecule is Cc1ccc(C[C@H](N)C(=O)OC[C@@H](C)OC(=O)c2ccccc2)cc1O. The second-order valence-electron chi connectivity index (χ2n) is 6.14.